The molecule has 0 radical (unpaired) electrons. The van der Waals surface area contributed by atoms with Gasteiger partial charge >= 0.3 is 0 Å². The van der Waals surface area contributed by atoms with Crippen LogP contribution in [0.2, 0.25) is 0 Å². The first kappa shape index (κ1) is 20.8. The minimum absolute atomic E-state index is 0.0910. The summed E-state index contributed by atoms with van der Waals surface area (Å²) in [6.07, 6.45) is 8.68. The van der Waals surface area contributed by atoms with Gasteiger partial charge < -0.3 is 5.11 Å². The van der Waals surface area contributed by atoms with Crippen LogP contribution < -0.4 is 0 Å². The van der Waals surface area contributed by atoms with Gasteiger partial charge in [-0.25, -0.2) is 4.39 Å². The van der Waals surface area contributed by atoms with Crippen LogP contribution in [0.25, 0.3) is 0 Å². The number of halogens is 1. The molecule has 0 bridgehead atoms. The number of hydrogen-bond donors (Lipinski definition) is 1. The van der Waals surface area contributed by atoms with Crippen LogP contribution in [0.1, 0.15) is 52.9 Å². The molecule has 4 rings (SSSR count). The van der Waals surface area contributed by atoms with Crippen LogP contribution in [-0.4, -0.2) is 43.0 Å². The fourth-order valence-electron chi connectivity index (χ4n) is 7.18. The minimum atomic E-state index is -1.79. The third kappa shape index (κ3) is 2.31. The number of alkyl halides is 1. The lowest BCUT2D eigenvalue weighted by atomic mass is 9.46. The summed E-state index contributed by atoms with van der Waals surface area (Å²) < 4.78 is 29.5. The number of fused-ring (bicyclic) bond motifs is 5. The molecule has 3 fully saturated rings. The second kappa shape index (κ2) is 6.52. The van der Waals surface area contributed by atoms with Crippen molar-refractivity contribution < 1.29 is 18.5 Å². The summed E-state index contributed by atoms with van der Waals surface area (Å²) >= 11 is 1.74. The highest BCUT2D eigenvalue weighted by molar-refractivity contribution is 8.12. The number of hydrogen-bond acceptors (Lipinski definition) is 4. The van der Waals surface area contributed by atoms with E-state index in [-0.39, 0.29) is 23.0 Å². The van der Waals surface area contributed by atoms with E-state index in [1.807, 2.05) is 6.92 Å². The standard InChI is InChI=1S/C22H31FO3S2/c1-5-27-21(28(4)26)11-9-16-17-7-6-14-12-15(24)8-10-19(14,2)22(17,23)18(25)13-20(16,21)3/h8,10,12,16-18,25H,5-7,9,11,13H2,1-4H3/t16-,17-,18-,19-,20-,21-,22-,28?/m0/s1. The molecule has 4 aliphatic carbocycles. The predicted octanol–water partition coefficient (Wildman–Crippen LogP) is 4.19. The molecule has 0 spiro atoms. The number of allylic oxidation sites excluding steroid dienone is 4. The van der Waals surface area contributed by atoms with Gasteiger partial charge in [0.05, 0.1) is 10.2 Å². The summed E-state index contributed by atoms with van der Waals surface area (Å²) in [5.41, 5.74) is -2.29. The number of rotatable bonds is 3. The Kier molecular flexibility index (Phi) is 4.84. The van der Waals surface area contributed by atoms with Gasteiger partial charge in [0.25, 0.3) is 0 Å². The van der Waals surface area contributed by atoms with Crippen LogP contribution in [0.5, 0.6) is 0 Å². The van der Waals surface area contributed by atoms with Gasteiger partial charge in [-0.2, -0.15) is 0 Å². The maximum absolute atomic E-state index is 17.0. The molecule has 4 aliphatic rings. The maximum atomic E-state index is 17.0. The van der Waals surface area contributed by atoms with E-state index in [1.165, 1.54) is 6.08 Å². The summed E-state index contributed by atoms with van der Waals surface area (Å²) in [6.45, 7) is 6.07. The Bertz CT molecular complexity index is 795. The first-order chi connectivity index (χ1) is 13.1. The van der Waals surface area contributed by atoms with E-state index in [0.29, 0.717) is 19.3 Å². The topological polar surface area (TPSA) is 54.4 Å². The van der Waals surface area contributed by atoms with Gasteiger partial charge in [-0.05, 0) is 68.3 Å². The van der Waals surface area contributed by atoms with Crippen molar-refractivity contribution in [2.24, 2.45) is 22.7 Å². The van der Waals surface area contributed by atoms with Gasteiger partial charge in [0.1, 0.15) is 0 Å². The SMILES string of the molecule is CCS[C@]1(S(C)=O)CC[C@H]2[C@@H]3CCC4=CC(=O)C=C[C@]4(C)[C@@]3(F)[C@@H](O)C[C@@]21C. The molecule has 0 aromatic carbocycles. The van der Waals surface area contributed by atoms with Crippen LogP contribution in [-0.2, 0) is 15.6 Å². The van der Waals surface area contributed by atoms with Crippen molar-refractivity contribution in [3.8, 4) is 0 Å². The molecule has 0 heterocycles. The number of aliphatic hydroxyl groups excluding tert-OH is 1. The molecule has 0 aliphatic heterocycles. The van der Waals surface area contributed by atoms with Crippen LogP contribution in [0.3, 0.4) is 0 Å². The third-order valence-corrected chi connectivity index (χ3v) is 12.6. The van der Waals surface area contributed by atoms with Gasteiger partial charge in [-0.3, -0.25) is 9.00 Å². The van der Waals surface area contributed by atoms with E-state index >= 15 is 4.39 Å². The second-order valence-electron chi connectivity index (χ2n) is 9.44. The van der Waals surface area contributed by atoms with Crippen LogP contribution >= 0.6 is 11.8 Å². The minimum Gasteiger partial charge on any atom is -0.390 e. The molecule has 6 heteroatoms. The van der Waals surface area contributed by atoms with Crippen molar-refractivity contribution in [2.75, 3.05) is 12.0 Å². The number of ketones is 1. The highest BCUT2D eigenvalue weighted by atomic mass is 32.2. The number of carbonyl (C=O) groups is 1. The molecular formula is C22H31FO3S2. The smallest absolute Gasteiger partial charge is 0.178 e. The molecular weight excluding hydrogens is 395 g/mol. The quantitative estimate of drug-likeness (QED) is 0.735. The first-order valence-corrected chi connectivity index (χ1v) is 12.9. The molecule has 0 saturated heterocycles. The van der Waals surface area contributed by atoms with Gasteiger partial charge in [-0.15, -0.1) is 11.8 Å². The molecule has 8 atom stereocenters. The Labute approximate surface area is 174 Å². The summed E-state index contributed by atoms with van der Waals surface area (Å²) in [4.78, 5) is 11.9. The molecule has 28 heavy (non-hydrogen) atoms. The first-order valence-electron chi connectivity index (χ1n) is 10.4. The van der Waals surface area contributed by atoms with Crippen LogP contribution in [0.15, 0.2) is 23.8 Å². The van der Waals surface area contributed by atoms with E-state index in [9.17, 15) is 14.1 Å². The fourth-order valence-corrected chi connectivity index (χ4v) is 10.8. The monoisotopic (exact) mass is 426 g/mol. The number of thioether (sulfide) groups is 1. The van der Waals surface area contributed by atoms with Crippen molar-refractivity contribution in [1.82, 2.24) is 0 Å². The van der Waals surface area contributed by atoms with E-state index in [2.05, 4.69) is 13.8 Å². The predicted molar refractivity (Wildman–Crippen MR) is 113 cm³/mol. The summed E-state index contributed by atoms with van der Waals surface area (Å²) in [5.74, 6) is 0.571. The lowest BCUT2D eigenvalue weighted by molar-refractivity contribution is -0.189. The Hall–Kier alpha value is -0.460. The molecule has 3 saturated carbocycles. The molecule has 3 nitrogen and oxygen atoms in total. The zero-order chi connectivity index (χ0) is 20.5. The molecule has 0 aromatic heterocycles. The fraction of sp³-hybridized carbons (Fsp3) is 0.773. The Morgan fingerprint density at radius 3 is 2.68 bits per heavy atom. The lowest BCUT2D eigenvalue weighted by Crippen LogP contribution is -2.68. The molecule has 0 aromatic rings. The van der Waals surface area contributed by atoms with Gasteiger partial charge in [0.15, 0.2) is 11.5 Å². The van der Waals surface area contributed by atoms with Crippen molar-refractivity contribution in [3.63, 3.8) is 0 Å². The van der Waals surface area contributed by atoms with E-state index in [4.69, 9.17) is 0 Å². The number of aliphatic hydroxyl groups is 1. The number of carbonyl (C=O) groups excluding carboxylic acids is 1. The molecule has 156 valence electrons. The van der Waals surface area contributed by atoms with Crippen LogP contribution in [0, 0.1) is 22.7 Å². The maximum Gasteiger partial charge on any atom is 0.178 e. The van der Waals surface area contributed by atoms with E-state index in [0.717, 1.165) is 24.2 Å². The molecule has 1 unspecified atom stereocenters. The molecule has 1 N–H and O–H groups in total. The Morgan fingerprint density at radius 2 is 2.04 bits per heavy atom. The zero-order valence-corrected chi connectivity index (χ0v) is 18.8. The third-order valence-electron chi connectivity index (χ3n) is 8.53. The van der Waals surface area contributed by atoms with Gasteiger partial charge in [-0.1, -0.05) is 25.5 Å². The average Bonchev–Trinajstić information content (AvgIpc) is 2.91. The normalized spacial score (nSPS) is 51.1. The summed E-state index contributed by atoms with van der Waals surface area (Å²) in [5, 5.41) is 11.3. The van der Waals surface area contributed by atoms with Crippen molar-refractivity contribution in [2.45, 2.75) is 68.7 Å². The van der Waals surface area contributed by atoms with E-state index < -0.39 is 32.1 Å². The summed E-state index contributed by atoms with van der Waals surface area (Å²) in [7, 11) is -1.06. The second-order valence-corrected chi connectivity index (χ2v) is 12.9. The Balaban J connectivity index is 1.82. The van der Waals surface area contributed by atoms with Gasteiger partial charge in [0, 0.05) is 28.4 Å². The highest BCUT2D eigenvalue weighted by Gasteiger charge is 2.73. The largest absolute Gasteiger partial charge is 0.390 e. The van der Waals surface area contributed by atoms with E-state index in [1.54, 1.807) is 30.2 Å². The van der Waals surface area contributed by atoms with Crippen LogP contribution in [0.4, 0.5) is 4.39 Å². The van der Waals surface area contributed by atoms with Crippen molar-refractivity contribution >= 4 is 28.3 Å². The summed E-state index contributed by atoms with van der Waals surface area (Å²) in [6, 6.07) is 0. The zero-order valence-electron chi connectivity index (χ0n) is 17.2. The highest BCUT2D eigenvalue weighted by Crippen LogP contribution is 2.72. The van der Waals surface area contributed by atoms with Crippen molar-refractivity contribution in [1.29, 1.82) is 0 Å². The van der Waals surface area contributed by atoms with Crippen molar-refractivity contribution in [3.05, 3.63) is 23.8 Å². The lowest BCUT2D eigenvalue weighted by Gasteiger charge is -2.63. The Morgan fingerprint density at radius 1 is 1.32 bits per heavy atom. The van der Waals surface area contributed by atoms with Gasteiger partial charge in [0.2, 0.25) is 0 Å². The molecule has 0 amide bonds. The average molecular weight is 427 g/mol.